The Kier molecular flexibility index (Phi) is 3.53. The number of ether oxygens (including phenoxy) is 1. The number of rotatable bonds is 4. The highest BCUT2D eigenvalue weighted by atomic mass is 16.5. The highest BCUT2D eigenvalue weighted by molar-refractivity contribution is 5.94. The summed E-state index contributed by atoms with van der Waals surface area (Å²) in [6.07, 6.45) is 0. The van der Waals surface area contributed by atoms with Gasteiger partial charge in [-0.2, -0.15) is 0 Å². The van der Waals surface area contributed by atoms with Gasteiger partial charge in [0.1, 0.15) is 23.6 Å². The van der Waals surface area contributed by atoms with Crippen molar-refractivity contribution in [3.05, 3.63) is 78.1 Å². The number of fused-ring (bicyclic) bond motifs is 2. The van der Waals surface area contributed by atoms with Gasteiger partial charge in [-0.25, -0.2) is 4.79 Å². The molecule has 0 atom stereocenters. The fraction of sp³-hybridized carbons (Fsp3) is 0.0476. The minimum absolute atomic E-state index is 0.0118. The van der Waals surface area contributed by atoms with Gasteiger partial charge in [0.15, 0.2) is 5.76 Å². The molecule has 0 aliphatic rings. The van der Waals surface area contributed by atoms with Crippen LogP contribution < -0.4 is 0 Å². The van der Waals surface area contributed by atoms with Crippen molar-refractivity contribution in [2.24, 2.45) is 0 Å². The molecule has 27 heavy (non-hydrogen) atoms. The van der Waals surface area contributed by atoms with Crippen LogP contribution in [0.3, 0.4) is 0 Å². The van der Waals surface area contributed by atoms with Crippen LogP contribution in [0.5, 0.6) is 0 Å². The number of benzene rings is 2. The summed E-state index contributed by atoms with van der Waals surface area (Å²) in [4.78, 5) is 15.3. The van der Waals surface area contributed by atoms with Crippen molar-refractivity contribution in [1.82, 2.24) is 10.1 Å². The van der Waals surface area contributed by atoms with Gasteiger partial charge in [-0.3, -0.25) is 0 Å². The zero-order chi connectivity index (χ0) is 18.2. The average molecular weight is 358 g/mol. The molecule has 6 heteroatoms. The second-order valence-corrected chi connectivity index (χ2v) is 6.18. The number of H-pyrrole nitrogens is 1. The Morgan fingerprint density at radius 2 is 1.78 bits per heavy atom. The third-order valence-corrected chi connectivity index (χ3v) is 4.33. The Hall–Kier alpha value is -3.80. The molecular weight excluding hydrogens is 344 g/mol. The molecule has 0 radical (unpaired) electrons. The zero-order valence-electron chi connectivity index (χ0n) is 14.1. The second kappa shape index (κ2) is 6.17. The monoisotopic (exact) mass is 358 g/mol. The minimum Gasteiger partial charge on any atom is -0.454 e. The van der Waals surface area contributed by atoms with E-state index in [2.05, 4.69) is 10.1 Å². The van der Waals surface area contributed by atoms with E-state index in [4.69, 9.17) is 13.7 Å². The molecule has 0 amide bonds. The summed E-state index contributed by atoms with van der Waals surface area (Å²) < 4.78 is 16.4. The van der Waals surface area contributed by atoms with Crippen molar-refractivity contribution in [3.8, 4) is 11.5 Å². The van der Waals surface area contributed by atoms with Gasteiger partial charge in [0.05, 0.1) is 0 Å². The Labute approximate surface area is 153 Å². The summed E-state index contributed by atoms with van der Waals surface area (Å²) in [6, 6.07) is 20.7. The van der Waals surface area contributed by atoms with Crippen LogP contribution in [0.4, 0.5) is 0 Å². The van der Waals surface area contributed by atoms with Gasteiger partial charge in [-0.1, -0.05) is 41.6 Å². The maximum absolute atomic E-state index is 12.3. The Morgan fingerprint density at radius 1 is 0.963 bits per heavy atom. The molecule has 3 heterocycles. The summed E-state index contributed by atoms with van der Waals surface area (Å²) in [5.74, 6) is 0.624. The third-order valence-electron chi connectivity index (χ3n) is 4.33. The molecule has 0 unspecified atom stereocenters. The van der Waals surface area contributed by atoms with E-state index in [1.165, 1.54) is 0 Å². The predicted octanol–water partition coefficient (Wildman–Crippen LogP) is 4.93. The summed E-state index contributed by atoms with van der Waals surface area (Å²) in [7, 11) is 0. The molecule has 2 aromatic carbocycles. The number of nitrogens with one attached hydrogen (secondary N) is 1. The smallest absolute Gasteiger partial charge is 0.355 e. The lowest BCUT2D eigenvalue weighted by atomic mass is 10.2. The lowest BCUT2D eigenvalue weighted by Crippen LogP contribution is -2.05. The van der Waals surface area contributed by atoms with Crippen molar-refractivity contribution < 1.29 is 18.5 Å². The second-order valence-electron chi connectivity index (χ2n) is 6.18. The molecule has 132 valence electrons. The first kappa shape index (κ1) is 15.5. The molecule has 0 aliphatic carbocycles. The van der Waals surface area contributed by atoms with E-state index in [0.717, 1.165) is 21.9 Å². The van der Waals surface area contributed by atoms with Crippen LogP contribution in [0.15, 0.2) is 75.7 Å². The van der Waals surface area contributed by atoms with Crippen molar-refractivity contribution in [1.29, 1.82) is 0 Å². The fourth-order valence-corrected chi connectivity index (χ4v) is 3.00. The first-order valence-corrected chi connectivity index (χ1v) is 8.46. The van der Waals surface area contributed by atoms with Crippen LogP contribution in [0.25, 0.3) is 33.4 Å². The molecule has 5 rings (SSSR count). The molecule has 1 N–H and O–H groups in total. The van der Waals surface area contributed by atoms with Crippen molar-refractivity contribution in [3.63, 3.8) is 0 Å². The summed E-state index contributed by atoms with van der Waals surface area (Å²) in [6.45, 7) is 0.0118. The number of carbonyl (C=O) groups is 1. The quantitative estimate of drug-likeness (QED) is 0.461. The summed E-state index contributed by atoms with van der Waals surface area (Å²) in [5.41, 5.74) is 2.57. The number of carbonyl (C=O) groups excluding carboxylic acids is 1. The standard InChI is InChI=1S/C21H14N2O4/c24-21(17-9-13-5-1-3-7-16(13)22-17)25-12-15-11-20(27-23-15)19-10-14-6-2-4-8-18(14)26-19/h1-11,22H,12H2. The van der Waals surface area contributed by atoms with Crippen LogP contribution in [-0.4, -0.2) is 16.1 Å². The molecule has 0 aliphatic heterocycles. The molecule has 0 saturated heterocycles. The Bertz CT molecular complexity index is 1200. The molecular formula is C21H14N2O4. The van der Waals surface area contributed by atoms with Gasteiger partial charge in [-0.05, 0) is 24.3 Å². The van der Waals surface area contributed by atoms with Gasteiger partial charge < -0.3 is 18.7 Å². The topological polar surface area (TPSA) is 81.3 Å². The van der Waals surface area contributed by atoms with Gasteiger partial charge in [-0.15, -0.1) is 0 Å². The van der Waals surface area contributed by atoms with Crippen molar-refractivity contribution >= 4 is 27.8 Å². The van der Waals surface area contributed by atoms with Crippen LogP contribution in [0.1, 0.15) is 16.2 Å². The summed E-state index contributed by atoms with van der Waals surface area (Å²) >= 11 is 0. The molecule has 0 bridgehead atoms. The van der Waals surface area contributed by atoms with Crippen LogP contribution in [-0.2, 0) is 11.3 Å². The minimum atomic E-state index is -0.445. The average Bonchev–Trinajstić information content (AvgIpc) is 3.42. The molecule has 3 aromatic heterocycles. The largest absolute Gasteiger partial charge is 0.454 e. The highest BCUT2D eigenvalue weighted by Crippen LogP contribution is 2.28. The first-order valence-electron chi connectivity index (χ1n) is 8.46. The van der Waals surface area contributed by atoms with E-state index < -0.39 is 5.97 Å². The van der Waals surface area contributed by atoms with E-state index >= 15 is 0 Å². The van der Waals surface area contributed by atoms with Crippen molar-refractivity contribution in [2.75, 3.05) is 0 Å². The molecule has 0 spiro atoms. The normalized spacial score (nSPS) is 11.3. The van der Waals surface area contributed by atoms with Crippen LogP contribution in [0, 0.1) is 0 Å². The van der Waals surface area contributed by atoms with Gasteiger partial charge in [0.2, 0.25) is 5.76 Å². The van der Waals surface area contributed by atoms with Crippen LogP contribution >= 0.6 is 0 Å². The van der Waals surface area contributed by atoms with E-state index in [1.54, 1.807) is 12.1 Å². The van der Waals surface area contributed by atoms with Gasteiger partial charge >= 0.3 is 5.97 Å². The number of furan rings is 1. The maximum atomic E-state index is 12.3. The number of aromatic nitrogens is 2. The molecule has 5 aromatic rings. The lowest BCUT2D eigenvalue weighted by molar-refractivity contribution is 0.0458. The number of aromatic amines is 1. The highest BCUT2D eigenvalue weighted by Gasteiger charge is 2.15. The van der Waals surface area contributed by atoms with E-state index in [1.807, 2.05) is 54.6 Å². The predicted molar refractivity (Wildman–Crippen MR) is 99.1 cm³/mol. The maximum Gasteiger partial charge on any atom is 0.355 e. The van der Waals surface area contributed by atoms with Gasteiger partial charge in [0, 0.05) is 22.4 Å². The first-order chi connectivity index (χ1) is 13.3. The number of hydrogen-bond donors (Lipinski definition) is 1. The Morgan fingerprint density at radius 3 is 2.63 bits per heavy atom. The number of hydrogen-bond acceptors (Lipinski definition) is 5. The summed E-state index contributed by atoms with van der Waals surface area (Å²) in [5, 5.41) is 5.89. The van der Waals surface area contributed by atoms with Crippen LogP contribution in [0.2, 0.25) is 0 Å². The fourth-order valence-electron chi connectivity index (χ4n) is 3.00. The third kappa shape index (κ3) is 2.87. The van der Waals surface area contributed by atoms with Crippen molar-refractivity contribution in [2.45, 2.75) is 6.61 Å². The van der Waals surface area contributed by atoms with E-state index in [9.17, 15) is 4.79 Å². The molecule has 0 saturated carbocycles. The molecule has 0 fully saturated rings. The van der Waals surface area contributed by atoms with E-state index in [0.29, 0.717) is 22.9 Å². The lowest BCUT2D eigenvalue weighted by Gasteiger charge is -1.99. The number of esters is 1. The number of nitrogens with zero attached hydrogens (tertiary/aromatic N) is 1. The number of para-hydroxylation sites is 2. The Balaban J connectivity index is 1.31. The van der Waals surface area contributed by atoms with Gasteiger partial charge in [0.25, 0.3) is 0 Å². The van der Waals surface area contributed by atoms with E-state index in [-0.39, 0.29) is 6.61 Å². The molecule has 6 nitrogen and oxygen atoms in total. The SMILES string of the molecule is O=C(OCc1cc(-c2cc3ccccc3o2)on1)c1cc2ccccc2[nH]1. The zero-order valence-corrected chi connectivity index (χ0v) is 14.1.